The molecule has 0 radical (unpaired) electrons. The van der Waals surface area contributed by atoms with Crippen LogP contribution in [-0.2, 0) is 19.1 Å². The number of aliphatic hydroxyl groups excluding tert-OH is 1. The minimum atomic E-state index is -0.918. The fourth-order valence-corrected chi connectivity index (χ4v) is 0.696. The van der Waals surface area contributed by atoms with Crippen LogP contribution in [0.5, 0.6) is 0 Å². The molecule has 16 heavy (non-hydrogen) atoms. The van der Waals surface area contributed by atoms with Gasteiger partial charge >= 0.3 is 11.9 Å². The van der Waals surface area contributed by atoms with E-state index in [1.54, 1.807) is 18.8 Å². The lowest BCUT2D eigenvalue weighted by atomic mass is 9.94. The van der Waals surface area contributed by atoms with E-state index in [0.717, 1.165) is 0 Å². The standard InChI is InChI=1S/C11H12O5/c1-4-9(13)15-7-11(3,6-12)8-16-10(14)5-2/h1-2,12H,6-8H2,3H3. The predicted molar refractivity (Wildman–Crippen MR) is 54.8 cm³/mol. The molecule has 0 aliphatic rings. The first-order chi connectivity index (χ1) is 7.47. The summed E-state index contributed by atoms with van der Waals surface area (Å²) in [5, 5.41) is 9.07. The molecule has 1 N–H and O–H groups in total. The maximum absolute atomic E-state index is 10.7. The second kappa shape index (κ2) is 6.49. The summed E-state index contributed by atoms with van der Waals surface area (Å²) in [4.78, 5) is 21.4. The Balaban J connectivity index is 4.22. The lowest BCUT2D eigenvalue weighted by Crippen LogP contribution is -2.34. The Morgan fingerprint density at radius 1 is 1.19 bits per heavy atom. The van der Waals surface area contributed by atoms with E-state index in [1.165, 1.54) is 0 Å². The first kappa shape index (κ1) is 14.0. The number of aliphatic hydroxyl groups is 1. The summed E-state index contributed by atoms with van der Waals surface area (Å²) in [6.45, 7) is 0.887. The fraction of sp³-hybridized carbons (Fsp3) is 0.455. The molecule has 0 aromatic heterocycles. The van der Waals surface area contributed by atoms with Gasteiger partial charge in [0.2, 0.25) is 0 Å². The largest absolute Gasteiger partial charge is 0.455 e. The smallest absolute Gasteiger partial charge is 0.384 e. The van der Waals surface area contributed by atoms with Gasteiger partial charge in [-0.25, -0.2) is 9.59 Å². The van der Waals surface area contributed by atoms with Gasteiger partial charge in [0.1, 0.15) is 13.2 Å². The maximum atomic E-state index is 10.7. The van der Waals surface area contributed by atoms with Crippen molar-refractivity contribution < 1.29 is 24.2 Å². The number of carbonyl (C=O) groups excluding carboxylic acids is 2. The van der Waals surface area contributed by atoms with Gasteiger partial charge in [0.25, 0.3) is 0 Å². The summed E-state index contributed by atoms with van der Waals surface area (Å²) < 4.78 is 9.27. The van der Waals surface area contributed by atoms with Gasteiger partial charge in [-0.05, 0) is 0 Å². The van der Waals surface area contributed by atoms with Crippen molar-refractivity contribution in [3.05, 3.63) is 0 Å². The predicted octanol–water partition coefficient (Wildman–Crippen LogP) is -0.662. The first-order valence-electron chi connectivity index (χ1n) is 4.35. The Bertz CT molecular complexity index is 314. The van der Waals surface area contributed by atoms with Crippen LogP contribution in [-0.4, -0.2) is 36.9 Å². The van der Waals surface area contributed by atoms with Crippen molar-refractivity contribution in [2.75, 3.05) is 19.8 Å². The molecular formula is C11H12O5. The van der Waals surface area contributed by atoms with Crippen LogP contribution in [0, 0.1) is 30.1 Å². The fourth-order valence-electron chi connectivity index (χ4n) is 0.696. The monoisotopic (exact) mass is 224 g/mol. The van der Waals surface area contributed by atoms with Gasteiger partial charge in [-0.1, -0.05) is 6.92 Å². The molecule has 0 aromatic rings. The third kappa shape index (κ3) is 5.04. The van der Waals surface area contributed by atoms with E-state index in [4.69, 9.17) is 18.0 Å². The SMILES string of the molecule is C#CC(=O)OCC(C)(CO)COC(=O)C#C. The molecule has 0 amide bonds. The number of rotatable bonds is 5. The highest BCUT2D eigenvalue weighted by atomic mass is 16.5. The quantitative estimate of drug-likeness (QED) is 0.381. The van der Waals surface area contributed by atoms with Crippen molar-refractivity contribution in [1.29, 1.82) is 0 Å². The molecule has 0 aliphatic carbocycles. The molecule has 0 heterocycles. The molecule has 5 heteroatoms. The highest BCUT2D eigenvalue weighted by Gasteiger charge is 2.27. The van der Waals surface area contributed by atoms with Crippen molar-refractivity contribution in [2.45, 2.75) is 6.92 Å². The van der Waals surface area contributed by atoms with E-state index in [2.05, 4.69) is 9.47 Å². The van der Waals surface area contributed by atoms with Crippen molar-refractivity contribution in [3.63, 3.8) is 0 Å². The topological polar surface area (TPSA) is 72.8 Å². The number of esters is 2. The van der Waals surface area contributed by atoms with Gasteiger partial charge in [0.05, 0.1) is 12.0 Å². The van der Waals surface area contributed by atoms with Gasteiger partial charge in [-0.15, -0.1) is 12.8 Å². The van der Waals surface area contributed by atoms with Crippen LogP contribution in [0.15, 0.2) is 0 Å². The molecule has 0 saturated heterocycles. The number of hydrogen-bond donors (Lipinski definition) is 1. The Morgan fingerprint density at radius 3 is 1.81 bits per heavy atom. The van der Waals surface area contributed by atoms with Crippen molar-refractivity contribution >= 4 is 11.9 Å². The Morgan fingerprint density at radius 2 is 1.56 bits per heavy atom. The molecular weight excluding hydrogens is 212 g/mol. The molecule has 0 saturated carbocycles. The Labute approximate surface area is 93.7 Å². The van der Waals surface area contributed by atoms with E-state index in [1.807, 2.05) is 0 Å². The number of carbonyl (C=O) groups is 2. The minimum absolute atomic E-state index is 0.162. The van der Waals surface area contributed by atoms with Gasteiger partial charge in [0.15, 0.2) is 0 Å². The highest BCUT2D eigenvalue weighted by Crippen LogP contribution is 2.16. The molecule has 5 nitrogen and oxygen atoms in total. The summed E-state index contributed by atoms with van der Waals surface area (Å²) in [6, 6.07) is 0. The van der Waals surface area contributed by atoms with Crippen LogP contribution >= 0.6 is 0 Å². The molecule has 0 aromatic carbocycles. The van der Waals surface area contributed by atoms with Gasteiger partial charge < -0.3 is 14.6 Å². The normalized spacial score (nSPS) is 9.75. The van der Waals surface area contributed by atoms with Crippen molar-refractivity contribution in [3.8, 4) is 24.7 Å². The lowest BCUT2D eigenvalue weighted by Gasteiger charge is -2.25. The Hall–Kier alpha value is -1.98. The third-order valence-electron chi connectivity index (χ3n) is 1.72. The number of hydrogen-bond acceptors (Lipinski definition) is 5. The molecule has 0 aliphatic heterocycles. The third-order valence-corrected chi connectivity index (χ3v) is 1.72. The van der Waals surface area contributed by atoms with Crippen molar-refractivity contribution in [2.24, 2.45) is 5.41 Å². The van der Waals surface area contributed by atoms with Crippen LogP contribution < -0.4 is 0 Å². The molecule has 0 spiro atoms. The summed E-state index contributed by atoms with van der Waals surface area (Å²) in [5.74, 6) is 1.82. The second-order valence-electron chi connectivity index (χ2n) is 3.41. The van der Waals surface area contributed by atoms with Gasteiger partial charge in [0, 0.05) is 11.8 Å². The first-order valence-corrected chi connectivity index (χ1v) is 4.35. The van der Waals surface area contributed by atoms with Crippen LogP contribution in [0.2, 0.25) is 0 Å². The average Bonchev–Trinajstić information content (AvgIpc) is 2.32. The Kier molecular flexibility index (Phi) is 5.69. The zero-order valence-electron chi connectivity index (χ0n) is 8.86. The lowest BCUT2D eigenvalue weighted by molar-refractivity contribution is -0.147. The van der Waals surface area contributed by atoms with Crippen LogP contribution in [0.1, 0.15) is 6.92 Å². The molecule has 86 valence electrons. The van der Waals surface area contributed by atoms with Crippen LogP contribution in [0.25, 0.3) is 0 Å². The summed E-state index contributed by atoms with van der Waals surface area (Å²) >= 11 is 0. The van der Waals surface area contributed by atoms with Gasteiger partial charge in [-0.2, -0.15) is 0 Å². The zero-order chi connectivity index (χ0) is 12.6. The molecule has 0 rings (SSSR count). The van der Waals surface area contributed by atoms with E-state index >= 15 is 0 Å². The molecule has 0 bridgehead atoms. The summed E-state index contributed by atoms with van der Waals surface area (Å²) in [7, 11) is 0. The highest BCUT2D eigenvalue weighted by molar-refractivity contribution is 5.88. The number of ether oxygens (including phenoxy) is 2. The summed E-state index contributed by atoms with van der Waals surface area (Å²) in [6.07, 6.45) is 9.58. The van der Waals surface area contributed by atoms with E-state index < -0.39 is 17.4 Å². The maximum Gasteiger partial charge on any atom is 0.384 e. The molecule has 0 unspecified atom stereocenters. The zero-order valence-corrected chi connectivity index (χ0v) is 8.86. The van der Waals surface area contributed by atoms with Crippen LogP contribution in [0.3, 0.4) is 0 Å². The van der Waals surface area contributed by atoms with Crippen molar-refractivity contribution in [1.82, 2.24) is 0 Å². The molecule has 0 atom stereocenters. The average molecular weight is 224 g/mol. The van der Waals surface area contributed by atoms with Crippen LogP contribution in [0.4, 0.5) is 0 Å². The van der Waals surface area contributed by atoms with E-state index in [0.29, 0.717) is 0 Å². The molecule has 0 fully saturated rings. The second-order valence-corrected chi connectivity index (χ2v) is 3.41. The van der Waals surface area contributed by atoms with E-state index in [9.17, 15) is 9.59 Å². The van der Waals surface area contributed by atoms with Gasteiger partial charge in [-0.3, -0.25) is 0 Å². The van der Waals surface area contributed by atoms with E-state index in [-0.39, 0.29) is 19.8 Å². The number of terminal acetylenes is 2. The summed E-state index contributed by atoms with van der Waals surface area (Å²) in [5.41, 5.74) is -0.918. The minimum Gasteiger partial charge on any atom is -0.455 e.